The number of primary amides is 1. The number of aryl methyl sites for hydroxylation is 1. The summed E-state index contributed by atoms with van der Waals surface area (Å²) < 4.78 is 0. The number of benzene rings is 1. The van der Waals surface area contributed by atoms with Crippen molar-refractivity contribution >= 4 is 11.8 Å². The molecule has 1 aromatic carbocycles. The molecule has 0 bridgehead atoms. The number of nitrogens with two attached hydrogens (primary N) is 1. The smallest absolute Gasteiger partial charge is 0.239 e. The van der Waals surface area contributed by atoms with Gasteiger partial charge in [-0.1, -0.05) is 31.2 Å². The van der Waals surface area contributed by atoms with Gasteiger partial charge in [-0.3, -0.25) is 9.59 Å². The lowest BCUT2D eigenvalue weighted by molar-refractivity contribution is -0.126. The molecular weight excluding hydrogens is 216 g/mol. The van der Waals surface area contributed by atoms with E-state index in [-0.39, 0.29) is 12.3 Å². The molecule has 92 valence electrons. The fourth-order valence-corrected chi connectivity index (χ4v) is 1.44. The predicted octanol–water partition coefficient (Wildman–Crippen LogP) is 0.781. The van der Waals surface area contributed by atoms with Crippen LogP contribution in [0, 0.1) is 0 Å². The summed E-state index contributed by atoms with van der Waals surface area (Å²) >= 11 is 0. The fourth-order valence-electron chi connectivity index (χ4n) is 1.44. The minimum absolute atomic E-state index is 0.194. The maximum Gasteiger partial charge on any atom is 0.239 e. The Labute approximate surface area is 101 Å². The van der Waals surface area contributed by atoms with Crippen molar-refractivity contribution < 1.29 is 9.59 Å². The van der Waals surface area contributed by atoms with Crippen LogP contribution in [0.2, 0.25) is 0 Å². The number of rotatable bonds is 5. The molecular formula is C13H18N2O2. The number of carbonyl (C=O) groups excluding carboxylic acids is 2. The molecule has 0 aliphatic rings. The van der Waals surface area contributed by atoms with Gasteiger partial charge in [0.1, 0.15) is 6.04 Å². The topological polar surface area (TPSA) is 72.2 Å². The maximum atomic E-state index is 11.6. The molecule has 1 aromatic rings. The van der Waals surface area contributed by atoms with Gasteiger partial charge < -0.3 is 11.1 Å². The van der Waals surface area contributed by atoms with Crippen LogP contribution in [0.1, 0.15) is 25.0 Å². The first-order valence-corrected chi connectivity index (χ1v) is 5.69. The minimum atomic E-state index is -0.627. The molecule has 1 rings (SSSR count). The normalized spacial score (nSPS) is 11.9. The summed E-state index contributed by atoms with van der Waals surface area (Å²) in [5, 5.41) is 2.54. The molecule has 0 fully saturated rings. The van der Waals surface area contributed by atoms with Crippen LogP contribution in [-0.4, -0.2) is 17.9 Å². The van der Waals surface area contributed by atoms with Crippen molar-refractivity contribution in [1.82, 2.24) is 5.32 Å². The van der Waals surface area contributed by atoms with E-state index in [9.17, 15) is 9.59 Å². The van der Waals surface area contributed by atoms with E-state index in [1.807, 2.05) is 24.3 Å². The first kappa shape index (κ1) is 13.2. The van der Waals surface area contributed by atoms with E-state index in [1.165, 1.54) is 5.56 Å². The van der Waals surface area contributed by atoms with Crippen LogP contribution in [0.15, 0.2) is 24.3 Å². The second-order valence-electron chi connectivity index (χ2n) is 4.04. The van der Waals surface area contributed by atoms with Gasteiger partial charge in [0.2, 0.25) is 11.8 Å². The van der Waals surface area contributed by atoms with Crippen molar-refractivity contribution in [2.45, 2.75) is 32.7 Å². The third-order valence-corrected chi connectivity index (χ3v) is 2.60. The first-order chi connectivity index (χ1) is 8.02. The van der Waals surface area contributed by atoms with Gasteiger partial charge in [0.05, 0.1) is 6.42 Å². The van der Waals surface area contributed by atoms with Crippen LogP contribution in [0.25, 0.3) is 0 Å². The second kappa shape index (κ2) is 6.03. The molecule has 0 aliphatic carbocycles. The van der Waals surface area contributed by atoms with Crippen LogP contribution in [0.4, 0.5) is 0 Å². The van der Waals surface area contributed by atoms with E-state index in [1.54, 1.807) is 6.92 Å². The Morgan fingerprint density at radius 2 is 1.76 bits per heavy atom. The molecule has 4 nitrogen and oxygen atoms in total. The second-order valence-corrected chi connectivity index (χ2v) is 4.04. The van der Waals surface area contributed by atoms with Crippen molar-refractivity contribution in [3.05, 3.63) is 35.4 Å². The van der Waals surface area contributed by atoms with Crippen LogP contribution < -0.4 is 11.1 Å². The molecule has 4 heteroatoms. The molecule has 0 saturated heterocycles. The van der Waals surface area contributed by atoms with Crippen LogP contribution in [0.5, 0.6) is 0 Å². The SMILES string of the molecule is CCc1ccc(CC(=O)NC(C)C(N)=O)cc1. The summed E-state index contributed by atoms with van der Waals surface area (Å²) in [6, 6.07) is 7.22. The van der Waals surface area contributed by atoms with Gasteiger partial charge in [-0.05, 0) is 24.5 Å². The van der Waals surface area contributed by atoms with Crippen LogP contribution >= 0.6 is 0 Å². The highest BCUT2D eigenvalue weighted by Gasteiger charge is 2.12. The Kier molecular flexibility index (Phi) is 4.69. The number of hydrogen-bond acceptors (Lipinski definition) is 2. The zero-order chi connectivity index (χ0) is 12.8. The predicted molar refractivity (Wildman–Crippen MR) is 66.3 cm³/mol. The lowest BCUT2D eigenvalue weighted by Crippen LogP contribution is -2.42. The highest BCUT2D eigenvalue weighted by Crippen LogP contribution is 2.05. The summed E-state index contributed by atoms with van der Waals surface area (Å²) in [7, 11) is 0. The third kappa shape index (κ3) is 4.26. The molecule has 0 spiro atoms. The zero-order valence-corrected chi connectivity index (χ0v) is 10.2. The zero-order valence-electron chi connectivity index (χ0n) is 10.2. The lowest BCUT2D eigenvalue weighted by atomic mass is 10.1. The third-order valence-electron chi connectivity index (χ3n) is 2.60. The van der Waals surface area contributed by atoms with E-state index in [0.29, 0.717) is 0 Å². The Morgan fingerprint density at radius 1 is 1.24 bits per heavy atom. The molecule has 0 aromatic heterocycles. The summed E-state index contributed by atoms with van der Waals surface area (Å²) in [6.07, 6.45) is 1.24. The van der Waals surface area contributed by atoms with Crippen molar-refractivity contribution in [3.8, 4) is 0 Å². The Balaban J connectivity index is 2.53. The quantitative estimate of drug-likeness (QED) is 0.790. The molecule has 0 radical (unpaired) electrons. The largest absolute Gasteiger partial charge is 0.368 e. The number of carbonyl (C=O) groups is 2. The summed E-state index contributed by atoms with van der Waals surface area (Å²) in [5.74, 6) is -0.722. The molecule has 1 atom stereocenters. The Hall–Kier alpha value is -1.84. The van der Waals surface area contributed by atoms with Crippen LogP contribution in [0.3, 0.4) is 0 Å². The molecule has 0 saturated carbocycles. The average molecular weight is 234 g/mol. The number of amides is 2. The van der Waals surface area contributed by atoms with E-state index < -0.39 is 11.9 Å². The van der Waals surface area contributed by atoms with E-state index in [0.717, 1.165) is 12.0 Å². The van der Waals surface area contributed by atoms with Gasteiger partial charge >= 0.3 is 0 Å². The van der Waals surface area contributed by atoms with Gasteiger partial charge in [-0.15, -0.1) is 0 Å². The van der Waals surface area contributed by atoms with Gasteiger partial charge in [-0.25, -0.2) is 0 Å². The molecule has 3 N–H and O–H groups in total. The molecule has 2 amide bonds. The highest BCUT2D eigenvalue weighted by atomic mass is 16.2. The maximum absolute atomic E-state index is 11.6. The molecule has 0 heterocycles. The number of hydrogen-bond donors (Lipinski definition) is 2. The summed E-state index contributed by atoms with van der Waals surface area (Å²) in [6.45, 7) is 3.65. The Bertz CT molecular complexity index is 398. The molecule has 17 heavy (non-hydrogen) atoms. The fraction of sp³-hybridized carbons (Fsp3) is 0.385. The van der Waals surface area contributed by atoms with E-state index in [4.69, 9.17) is 5.73 Å². The standard InChI is InChI=1S/C13H18N2O2/c1-3-10-4-6-11(7-5-10)8-12(16)15-9(2)13(14)17/h4-7,9H,3,8H2,1-2H3,(H2,14,17)(H,15,16). The van der Waals surface area contributed by atoms with Crippen molar-refractivity contribution in [3.63, 3.8) is 0 Å². The molecule has 1 unspecified atom stereocenters. The summed E-state index contributed by atoms with van der Waals surface area (Å²) in [4.78, 5) is 22.3. The molecule has 0 aliphatic heterocycles. The first-order valence-electron chi connectivity index (χ1n) is 5.69. The minimum Gasteiger partial charge on any atom is -0.368 e. The van der Waals surface area contributed by atoms with Gasteiger partial charge in [0, 0.05) is 0 Å². The lowest BCUT2D eigenvalue weighted by Gasteiger charge is -2.10. The number of nitrogens with one attached hydrogen (secondary N) is 1. The van der Waals surface area contributed by atoms with E-state index >= 15 is 0 Å². The summed E-state index contributed by atoms with van der Waals surface area (Å²) in [5.41, 5.74) is 7.22. The van der Waals surface area contributed by atoms with E-state index in [2.05, 4.69) is 12.2 Å². The average Bonchev–Trinajstić information content (AvgIpc) is 2.29. The highest BCUT2D eigenvalue weighted by molar-refractivity contribution is 5.87. The van der Waals surface area contributed by atoms with Crippen molar-refractivity contribution in [1.29, 1.82) is 0 Å². The van der Waals surface area contributed by atoms with Crippen molar-refractivity contribution in [2.75, 3.05) is 0 Å². The van der Waals surface area contributed by atoms with Gasteiger partial charge in [0.15, 0.2) is 0 Å². The Morgan fingerprint density at radius 3 is 2.24 bits per heavy atom. The monoisotopic (exact) mass is 234 g/mol. The van der Waals surface area contributed by atoms with Gasteiger partial charge in [-0.2, -0.15) is 0 Å². The van der Waals surface area contributed by atoms with Gasteiger partial charge in [0.25, 0.3) is 0 Å². The van der Waals surface area contributed by atoms with Crippen LogP contribution in [-0.2, 0) is 22.4 Å². The van der Waals surface area contributed by atoms with Crippen molar-refractivity contribution in [2.24, 2.45) is 5.73 Å².